The lowest BCUT2D eigenvalue weighted by molar-refractivity contribution is 0.148. The summed E-state index contributed by atoms with van der Waals surface area (Å²) in [6.07, 6.45) is 4.16. The molecule has 0 radical (unpaired) electrons. The van der Waals surface area contributed by atoms with E-state index in [2.05, 4.69) is 15.6 Å². The molecule has 6 heteroatoms. The number of halogens is 1. The summed E-state index contributed by atoms with van der Waals surface area (Å²) >= 11 is 0. The second kappa shape index (κ2) is 8.15. The van der Waals surface area contributed by atoms with Gasteiger partial charge in [-0.25, -0.2) is 9.18 Å². The van der Waals surface area contributed by atoms with Gasteiger partial charge in [-0.2, -0.15) is 0 Å². The quantitative estimate of drug-likeness (QED) is 0.560. The molecule has 0 aliphatic carbocycles. The number of fused-ring (bicyclic) bond motifs is 1. The Labute approximate surface area is 141 Å². The van der Waals surface area contributed by atoms with Crippen LogP contribution in [-0.2, 0) is 6.42 Å². The number of carbonyl (C=O) groups excluding carboxylic acids is 1. The number of hydrogen-bond donors (Lipinski definition) is 4. The Morgan fingerprint density at radius 1 is 1.29 bits per heavy atom. The van der Waals surface area contributed by atoms with Crippen molar-refractivity contribution in [3.05, 3.63) is 35.8 Å². The Bertz CT molecular complexity index is 682. The average Bonchev–Trinajstić information content (AvgIpc) is 2.94. The number of nitrogens with one attached hydrogen (secondary N) is 3. The third-order valence-electron chi connectivity index (χ3n) is 4.15. The summed E-state index contributed by atoms with van der Waals surface area (Å²) in [6.45, 7) is 5.20. The maximum atomic E-state index is 13.3. The first-order chi connectivity index (χ1) is 11.4. The van der Waals surface area contributed by atoms with Crippen molar-refractivity contribution < 1.29 is 14.3 Å². The van der Waals surface area contributed by atoms with E-state index in [9.17, 15) is 14.3 Å². The van der Waals surface area contributed by atoms with Crippen molar-refractivity contribution in [2.24, 2.45) is 5.41 Å². The van der Waals surface area contributed by atoms with E-state index in [-0.39, 0.29) is 23.9 Å². The lowest BCUT2D eigenvalue weighted by atomic mass is 9.89. The number of amides is 2. The van der Waals surface area contributed by atoms with E-state index in [1.165, 1.54) is 12.1 Å². The van der Waals surface area contributed by atoms with E-state index in [4.69, 9.17) is 0 Å². The first-order valence-corrected chi connectivity index (χ1v) is 8.29. The third kappa shape index (κ3) is 5.23. The summed E-state index contributed by atoms with van der Waals surface area (Å²) < 4.78 is 13.3. The number of H-pyrrole nitrogens is 1. The second-order valence-electron chi connectivity index (χ2n) is 6.86. The van der Waals surface area contributed by atoms with Crippen LogP contribution in [0, 0.1) is 11.2 Å². The van der Waals surface area contributed by atoms with Crippen LogP contribution < -0.4 is 10.6 Å². The van der Waals surface area contributed by atoms with Crippen molar-refractivity contribution in [2.45, 2.75) is 33.1 Å². The Kier molecular flexibility index (Phi) is 6.20. The maximum Gasteiger partial charge on any atom is 0.314 e. The van der Waals surface area contributed by atoms with Crippen molar-refractivity contribution in [3.63, 3.8) is 0 Å². The lowest BCUT2D eigenvalue weighted by Gasteiger charge is -2.21. The fraction of sp³-hybridized carbons (Fsp3) is 0.500. The second-order valence-corrected chi connectivity index (χ2v) is 6.86. The topological polar surface area (TPSA) is 77.2 Å². The molecular weight excluding hydrogens is 309 g/mol. The molecule has 0 saturated heterocycles. The van der Waals surface area contributed by atoms with Crippen LogP contribution in [0.2, 0.25) is 0 Å². The molecule has 1 aromatic heterocycles. The Morgan fingerprint density at radius 2 is 2.04 bits per heavy atom. The highest BCUT2D eigenvalue weighted by atomic mass is 19.1. The van der Waals surface area contributed by atoms with E-state index in [1.54, 1.807) is 6.07 Å². The smallest absolute Gasteiger partial charge is 0.314 e. The molecule has 5 nitrogen and oxygen atoms in total. The van der Waals surface area contributed by atoms with Crippen LogP contribution in [0.3, 0.4) is 0 Å². The molecule has 0 atom stereocenters. The first-order valence-electron chi connectivity index (χ1n) is 8.29. The van der Waals surface area contributed by atoms with Gasteiger partial charge in [-0.05, 0) is 48.4 Å². The van der Waals surface area contributed by atoms with Gasteiger partial charge in [-0.3, -0.25) is 0 Å². The van der Waals surface area contributed by atoms with Gasteiger partial charge in [0.1, 0.15) is 5.82 Å². The maximum absolute atomic E-state index is 13.3. The molecule has 4 N–H and O–H groups in total. The molecule has 0 bridgehead atoms. The third-order valence-corrected chi connectivity index (χ3v) is 4.15. The van der Waals surface area contributed by atoms with Crippen molar-refractivity contribution >= 4 is 16.9 Å². The summed E-state index contributed by atoms with van der Waals surface area (Å²) in [5.41, 5.74) is 1.76. The highest BCUT2D eigenvalue weighted by Gasteiger charge is 2.15. The molecule has 1 heterocycles. The summed E-state index contributed by atoms with van der Waals surface area (Å²) in [5.74, 6) is -0.264. The molecule has 24 heavy (non-hydrogen) atoms. The van der Waals surface area contributed by atoms with E-state index < -0.39 is 0 Å². The monoisotopic (exact) mass is 335 g/mol. The van der Waals surface area contributed by atoms with E-state index >= 15 is 0 Å². The molecule has 2 amide bonds. The van der Waals surface area contributed by atoms with Gasteiger partial charge in [0, 0.05) is 36.8 Å². The molecule has 2 aromatic rings. The van der Waals surface area contributed by atoms with Crippen molar-refractivity contribution in [2.75, 3.05) is 19.7 Å². The van der Waals surface area contributed by atoms with Crippen molar-refractivity contribution in [1.82, 2.24) is 15.6 Å². The van der Waals surface area contributed by atoms with Crippen LogP contribution in [0.15, 0.2) is 24.4 Å². The predicted molar refractivity (Wildman–Crippen MR) is 93.5 cm³/mol. The molecule has 0 spiro atoms. The van der Waals surface area contributed by atoms with Gasteiger partial charge in [-0.15, -0.1) is 0 Å². The number of aliphatic hydroxyl groups excluding tert-OH is 1. The van der Waals surface area contributed by atoms with Crippen LogP contribution in [0.25, 0.3) is 10.9 Å². The zero-order valence-electron chi connectivity index (χ0n) is 14.3. The first kappa shape index (κ1) is 18.3. The van der Waals surface area contributed by atoms with Gasteiger partial charge >= 0.3 is 6.03 Å². The highest BCUT2D eigenvalue weighted by molar-refractivity contribution is 5.83. The average molecular weight is 335 g/mol. The molecule has 0 unspecified atom stereocenters. The summed E-state index contributed by atoms with van der Waals surface area (Å²) in [5, 5.41) is 15.6. The summed E-state index contributed by atoms with van der Waals surface area (Å²) in [6, 6.07) is 4.43. The molecule has 0 fully saturated rings. The SMILES string of the molecule is CC(C)(CO)CCCNC(=O)NCCc1c[nH]c2ccc(F)cc12. The Balaban J connectivity index is 1.70. The van der Waals surface area contributed by atoms with Crippen LogP contribution in [0.5, 0.6) is 0 Å². The highest BCUT2D eigenvalue weighted by Crippen LogP contribution is 2.20. The fourth-order valence-electron chi connectivity index (χ4n) is 2.58. The number of rotatable bonds is 8. The van der Waals surface area contributed by atoms with E-state index in [1.807, 2.05) is 20.0 Å². The number of aliphatic hydroxyl groups is 1. The molecule has 0 saturated carbocycles. The van der Waals surface area contributed by atoms with Gasteiger partial charge < -0.3 is 20.7 Å². The minimum atomic E-state index is -0.264. The summed E-state index contributed by atoms with van der Waals surface area (Å²) in [7, 11) is 0. The minimum absolute atomic E-state index is 0.108. The van der Waals surface area contributed by atoms with Crippen LogP contribution in [-0.4, -0.2) is 35.8 Å². The van der Waals surface area contributed by atoms with Crippen molar-refractivity contribution in [3.8, 4) is 0 Å². The zero-order chi connectivity index (χ0) is 17.6. The Morgan fingerprint density at radius 3 is 2.79 bits per heavy atom. The zero-order valence-corrected chi connectivity index (χ0v) is 14.3. The lowest BCUT2D eigenvalue weighted by Crippen LogP contribution is -2.37. The van der Waals surface area contributed by atoms with Crippen LogP contribution in [0.1, 0.15) is 32.3 Å². The molecule has 2 rings (SSSR count). The molecule has 0 aliphatic rings. The van der Waals surface area contributed by atoms with Crippen molar-refractivity contribution in [1.29, 1.82) is 0 Å². The Hall–Kier alpha value is -2.08. The van der Waals surface area contributed by atoms with E-state index in [0.29, 0.717) is 19.5 Å². The number of aromatic nitrogens is 1. The van der Waals surface area contributed by atoms with Crippen LogP contribution in [0.4, 0.5) is 9.18 Å². The predicted octanol–water partition coefficient (Wildman–Crippen LogP) is 2.95. The van der Waals surface area contributed by atoms with Gasteiger partial charge in [0.05, 0.1) is 0 Å². The number of carbonyl (C=O) groups is 1. The fourth-order valence-corrected chi connectivity index (χ4v) is 2.58. The normalized spacial score (nSPS) is 11.7. The molecular formula is C18H26FN3O2. The standard InChI is InChI=1S/C18H26FN3O2/c1-18(2,12-23)7-3-8-20-17(24)21-9-6-13-11-22-16-5-4-14(19)10-15(13)16/h4-5,10-11,22-23H,3,6-9,12H2,1-2H3,(H2,20,21,24). The minimum Gasteiger partial charge on any atom is -0.396 e. The number of hydrogen-bond acceptors (Lipinski definition) is 2. The molecule has 1 aromatic carbocycles. The van der Waals surface area contributed by atoms with Gasteiger partial charge in [-0.1, -0.05) is 13.8 Å². The molecule has 0 aliphatic heterocycles. The van der Waals surface area contributed by atoms with E-state index in [0.717, 1.165) is 29.3 Å². The van der Waals surface area contributed by atoms with Gasteiger partial charge in [0.2, 0.25) is 0 Å². The van der Waals surface area contributed by atoms with Crippen LogP contribution >= 0.6 is 0 Å². The number of benzene rings is 1. The number of aromatic amines is 1. The summed E-state index contributed by atoms with van der Waals surface area (Å²) in [4.78, 5) is 14.8. The van der Waals surface area contributed by atoms with Gasteiger partial charge in [0.15, 0.2) is 0 Å². The number of urea groups is 1. The molecule has 132 valence electrons. The van der Waals surface area contributed by atoms with Gasteiger partial charge in [0.25, 0.3) is 0 Å². The largest absolute Gasteiger partial charge is 0.396 e.